The third-order valence-electron chi connectivity index (χ3n) is 1.90. The summed E-state index contributed by atoms with van der Waals surface area (Å²) in [6.45, 7) is 2.70. The average Bonchev–Trinajstić information content (AvgIpc) is 2.25. The van der Waals surface area contributed by atoms with E-state index in [0.29, 0.717) is 0 Å². The number of aromatic nitrogens is 2. The highest BCUT2D eigenvalue weighted by Gasteiger charge is 1.91. The smallest absolute Gasteiger partial charge is 0.115 e. The van der Waals surface area contributed by atoms with Crippen LogP contribution in [-0.2, 0) is 11.3 Å². The number of rotatable bonds is 7. The second kappa shape index (κ2) is 7.41. The highest BCUT2D eigenvalue weighted by molar-refractivity contribution is 5.01. The van der Waals surface area contributed by atoms with Crippen molar-refractivity contribution in [1.29, 1.82) is 0 Å². The van der Waals surface area contributed by atoms with Crippen LogP contribution in [0.3, 0.4) is 0 Å². The molecule has 0 spiro atoms. The first-order chi connectivity index (χ1) is 6.93. The van der Waals surface area contributed by atoms with Gasteiger partial charge in [0.05, 0.1) is 0 Å². The van der Waals surface area contributed by atoms with Gasteiger partial charge < -0.3 is 10.1 Å². The Morgan fingerprint density at radius 3 is 2.79 bits per heavy atom. The van der Waals surface area contributed by atoms with Gasteiger partial charge in [-0.05, 0) is 19.4 Å². The van der Waals surface area contributed by atoms with Crippen molar-refractivity contribution in [2.45, 2.75) is 19.4 Å². The van der Waals surface area contributed by atoms with Gasteiger partial charge in [-0.25, -0.2) is 9.97 Å². The number of hydrogen-bond donors (Lipinski definition) is 1. The van der Waals surface area contributed by atoms with Gasteiger partial charge in [0.15, 0.2) is 0 Å². The summed E-state index contributed by atoms with van der Waals surface area (Å²) >= 11 is 0. The molecule has 0 amide bonds. The summed E-state index contributed by atoms with van der Waals surface area (Å²) in [4.78, 5) is 7.88. The molecule has 0 aliphatic rings. The van der Waals surface area contributed by atoms with Gasteiger partial charge >= 0.3 is 0 Å². The topological polar surface area (TPSA) is 47.0 Å². The van der Waals surface area contributed by atoms with Crippen LogP contribution in [0.1, 0.15) is 18.4 Å². The highest BCUT2D eigenvalue weighted by Crippen LogP contribution is 1.92. The highest BCUT2D eigenvalue weighted by atomic mass is 16.5. The lowest BCUT2D eigenvalue weighted by atomic mass is 10.3. The summed E-state index contributed by atoms with van der Waals surface area (Å²) in [5.74, 6) is 0. The van der Waals surface area contributed by atoms with E-state index in [1.807, 2.05) is 12.4 Å². The fourth-order valence-electron chi connectivity index (χ4n) is 1.15. The van der Waals surface area contributed by atoms with E-state index in [2.05, 4.69) is 15.3 Å². The van der Waals surface area contributed by atoms with E-state index in [1.165, 1.54) is 0 Å². The molecule has 0 bridgehead atoms. The lowest BCUT2D eigenvalue weighted by molar-refractivity contribution is 0.192. The molecule has 0 saturated carbocycles. The molecule has 0 unspecified atom stereocenters. The Morgan fingerprint density at radius 2 is 2.07 bits per heavy atom. The monoisotopic (exact) mass is 195 g/mol. The molecule has 4 nitrogen and oxygen atoms in total. The Hall–Kier alpha value is -1.00. The van der Waals surface area contributed by atoms with Crippen LogP contribution in [0.25, 0.3) is 0 Å². The van der Waals surface area contributed by atoms with Crippen molar-refractivity contribution in [3.05, 3.63) is 24.3 Å². The quantitative estimate of drug-likeness (QED) is 0.659. The molecular weight excluding hydrogens is 178 g/mol. The molecule has 0 aliphatic heterocycles. The zero-order chi connectivity index (χ0) is 10.1. The Morgan fingerprint density at radius 1 is 1.29 bits per heavy atom. The third kappa shape index (κ3) is 4.89. The van der Waals surface area contributed by atoms with Crippen molar-refractivity contribution < 1.29 is 4.74 Å². The van der Waals surface area contributed by atoms with Crippen LogP contribution in [0.4, 0.5) is 0 Å². The minimum Gasteiger partial charge on any atom is -0.385 e. The summed E-state index contributed by atoms with van der Waals surface area (Å²) in [5, 5.41) is 3.33. The van der Waals surface area contributed by atoms with E-state index >= 15 is 0 Å². The van der Waals surface area contributed by atoms with Crippen molar-refractivity contribution in [3.63, 3.8) is 0 Å². The standard InChI is InChI=1S/C10H17N3O/c1-14-5-3-2-4-11-6-10-7-12-9-13-8-10/h7-9,11H,2-6H2,1H3. The second-order valence-corrected chi connectivity index (χ2v) is 3.12. The number of unbranched alkanes of at least 4 members (excludes halogenated alkanes) is 1. The van der Waals surface area contributed by atoms with Crippen LogP contribution in [0.15, 0.2) is 18.7 Å². The van der Waals surface area contributed by atoms with E-state index in [-0.39, 0.29) is 0 Å². The van der Waals surface area contributed by atoms with Crippen LogP contribution in [0.5, 0.6) is 0 Å². The Labute approximate surface area is 84.7 Å². The predicted octanol–water partition coefficient (Wildman–Crippen LogP) is 0.993. The van der Waals surface area contributed by atoms with Crippen LogP contribution < -0.4 is 5.32 Å². The van der Waals surface area contributed by atoms with E-state index in [4.69, 9.17) is 4.74 Å². The van der Waals surface area contributed by atoms with E-state index in [0.717, 1.165) is 38.1 Å². The first-order valence-electron chi connectivity index (χ1n) is 4.87. The number of hydrogen-bond acceptors (Lipinski definition) is 4. The average molecular weight is 195 g/mol. The Kier molecular flexibility index (Phi) is 5.86. The Bertz CT molecular complexity index is 228. The predicted molar refractivity (Wildman–Crippen MR) is 54.8 cm³/mol. The summed E-state index contributed by atoms with van der Waals surface area (Å²) < 4.78 is 4.96. The molecule has 1 aromatic rings. The van der Waals surface area contributed by atoms with Crippen molar-refractivity contribution in [2.75, 3.05) is 20.3 Å². The molecule has 0 fully saturated rings. The van der Waals surface area contributed by atoms with Crippen molar-refractivity contribution in [2.24, 2.45) is 0 Å². The van der Waals surface area contributed by atoms with Crippen molar-refractivity contribution in [3.8, 4) is 0 Å². The van der Waals surface area contributed by atoms with E-state index in [1.54, 1.807) is 13.4 Å². The molecule has 0 saturated heterocycles. The van der Waals surface area contributed by atoms with Crippen LogP contribution in [-0.4, -0.2) is 30.2 Å². The van der Waals surface area contributed by atoms with Crippen molar-refractivity contribution >= 4 is 0 Å². The van der Waals surface area contributed by atoms with Gasteiger partial charge in [0.2, 0.25) is 0 Å². The van der Waals surface area contributed by atoms with Crippen LogP contribution >= 0.6 is 0 Å². The molecule has 14 heavy (non-hydrogen) atoms. The molecule has 0 radical (unpaired) electrons. The molecule has 0 aliphatic carbocycles. The van der Waals surface area contributed by atoms with Gasteiger partial charge in [-0.3, -0.25) is 0 Å². The molecule has 1 N–H and O–H groups in total. The summed E-state index contributed by atoms with van der Waals surface area (Å²) in [6, 6.07) is 0. The maximum Gasteiger partial charge on any atom is 0.115 e. The molecular formula is C10H17N3O. The SMILES string of the molecule is COCCCCNCc1cncnc1. The number of ether oxygens (including phenoxy) is 1. The number of nitrogens with zero attached hydrogens (tertiary/aromatic N) is 2. The van der Waals surface area contributed by atoms with Gasteiger partial charge in [-0.15, -0.1) is 0 Å². The molecule has 78 valence electrons. The fourth-order valence-corrected chi connectivity index (χ4v) is 1.15. The van der Waals surface area contributed by atoms with Crippen LogP contribution in [0.2, 0.25) is 0 Å². The molecule has 1 heterocycles. The largest absolute Gasteiger partial charge is 0.385 e. The fraction of sp³-hybridized carbons (Fsp3) is 0.600. The normalized spacial score (nSPS) is 10.4. The minimum atomic E-state index is 0.841. The third-order valence-corrected chi connectivity index (χ3v) is 1.90. The van der Waals surface area contributed by atoms with Crippen LogP contribution in [0, 0.1) is 0 Å². The van der Waals surface area contributed by atoms with Gasteiger partial charge in [0.25, 0.3) is 0 Å². The van der Waals surface area contributed by atoms with E-state index < -0.39 is 0 Å². The Balaban J connectivity index is 1.99. The first kappa shape index (κ1) is 11.1. The van der Waals surface area contributed by atoms with Gasteiger partial charge in [0, 0.05) is 38.2 Å². The number of methoxy groups -OCH3 is 1. The lowest BCUT2D eigenvalue weighted by Crippen LogP contribution is -2.15. The van der Waals surface area contributed by atoms with Gasteiger partial charge in [-0.1, -0.05) is 0 Å². The number of nitrogens with one attached hydrogen (secondary N) is 1. The molecule has 0 aromatic carbocycles. The van der Waals surface area contributed by atoms with Crippen molar-refractivity contribution in [1.82, 2.24) is 15.3 Å². The first-order valence-corrected chi connectivity index (χ1v) is 4.87. The van der Waals surface area contributed by atoms with Gasteiger partial charge in [0.1, 0.15) is 6.33 Å². The molecule has 1 rings (SSSR count). The zero-order valence-electron chi connectivity index (χ0n) is 8.57. The lowest BCUT2D eigenvalue weighted by Gasteiger charge is -2.03. The minimum absolute atomic E-state index is 0.841. The van der Waals surface area contributed by atoms with Gasteiger partial charge in [-0.2, -0.15) is 0 Å². The maximum atomic E-state index is 4.96. The zero-order valence-corrected chi connectivity index (χ0v) is 8.57. The second-order valence-electron chi connectivity index (χ2n) is 3.12. The molecule has 4 heteroatoms. The molecule has 1 aromatic heterocycles. The summed E-state index contributed by atoms with van der Waals surface area (Å²) in [5.41, 5.74) is 1.12. The molecule has 0 atom stereocenters. The summed E-state index contributed by atoms with van der Waals surface area (Å²) in [7, 11) is 1.73. The summed E-state index contributed by atoms with van der Waals surface area (Å²) in [6.07, 6.45) is 7.45. The maximum absolute atomic E-state index is 4.96. The van der Waals surface area contributed by atoms with E-state index in [9.17, 15) is 0 Å².